The first kappa shape index (κ1) is 13.5. The Labute approximate surface area is 110 Å². The zero-order chi connectivity index (χ0) is 12.8. The van der Waals surface area contributed by atoms with Crippen LogP contribution in [-0.2, 0) is 11.2 Å². The third kappa shape index (κ3) is 2.90. The lowest BCUT2D eigenvalue weighted by Crippen LogP contribution is -2.51. The number of hydrogen-bond donors (Lipinski definition) is 1. The Kier molecular flexibility index (Phi) is 4.72. The van der Waals surface area contributed by atoms with Gasteiger partial charge in [0.25, 0.3) is 0 Å². The van der Waals surface area contributed by atoms with Gasteiger partial charge in [-0.1, -0.05) is 18.9 Å². The number of pyridine rings is 1. The van der Waals surface area contributed by atoms with E-state index in [0.717, 1.165) is 18.7 Å². The lowest BCUT2D eigenvalue weighted by atomic mass is 9.88. The molecule has 2 rings (SSSR count). The first-order valence-electron chi connectivity index (χ1n) is 7.02. The summed E-state index contributed by atoms with van der Waals surface area (Å²) in [6.07, 6.45) is 7.69. The minimum absolute atomic E-state index is 0.0149. The second kappa shape index (κ2) is 6.30. The molecule has 0 saturated heterocycles. The van der Waals surface area contributed by atoms with Crippen LogP contribution in [0.25, 0.3) is 0 Å². The van der Waals surface area contributed by atoms with Crippen LogP contribution in [0, 0.1) is 0 Å². The molecule has 0 spiro atoms. The van der Waals surface area contributed by atoms with Gasteiger partial charge in [0, 0.05) is 31.0 Å². The number of likely N-dealkylation sites (N-methyl/N-ethyl adjacent to an activating group) is 1. The fourth-order valence-electron chi connectivity index (χ4n) is 3.13. The predicted octanol–water partition coefficient (Wildman–Crippen LogP) is 2.56. The van der Waals surface area contributed by atoms with Gasteiger partial charge in [-0.15, -0.1) is 0 Å². The first-order chi connectivity index (χ1) is 8.80. The normalized spacial score (nSPS) is 19.9. The first-order valence-corrected chi connectivity index (χ1v) is 7.02. The van der Waals surface area contributed by atoms with Gasteiger partial charge < -0.3 is 10.1 Å². The van der Waals surface area contributed by atoms with Crippen LogP contribution in [0.4, 0.5) is 0 Å². The molecule has 1 saturated carbocycles. The minimum Gasteiger partial charge on any atom is -0.374 e. The highest BCUT2D eigenvalue weighted by molar-refractivity contribution is 5.09. The lowest BCUT2D eigenvalue weighted by molar-refractivity contribution is -0.0598. The average molecular weight is 248 g/mol. The molecule has 1 aliphatic rings. The van der Waals surface area contributed by atoms with Crippen molar-refractivity contribution in [1.82, 2.24) is 10.3 Å². The Balaban J connectivity index is 2.11. The maximum absolute atomic E-state index is 6.13. The van der Waals surface area contributed by atoms with Crippen LogP contribution in [0.3, 0.4) is 0 Å². The monoisotopic (exact) mass is 248 g/mol. The minimum atomic E-state index is 0.0149. The van der Waals surface area contributed by atoms with Crippen LogP contribution in [0.1, 0.15) is 38.3 Å². The van der Waals surface area contributed by atoms with E-state index >= 15 is 0 Å². The van der Waals surface area contributed by atoms with Gasteiger partial charge in [0.1, 0.15) is 0 Å². The lowest BCUT2D eigenvalue weighted by Gasteiger charge is -2.37. The molecule has 0 bridgehead atoms. The van der Waals surface area contributed by atoms with Gasteiger partial charge in [-0.05, 0) is 38.9 Å². The van der Waals surface area contributed by atoms with Gasteiger partial charge >= 0.3 is 0 Å². The zero-order valence-corrected chi connectivity index (χ0v) is 11.5. The van der Waals surface area contributed by atoms with Crippen molar-refractivity contribution in [2.24, 2.45) is 0 Å². The highest BCUT2D eigenvalue weighted by atomic mass is 16.5. The van der Waals surface area contributed by atoms with E-state index in [-0.39, 0.29) is 5.60 Å². The summed E-state index contributed by atoms with van der Waals surface area (Å²) in [7, 11) is 2.03. The largest absolute Gasteiger partial charge is 0.374 e. The van der Waals surface area contributed by atoms with E-state index in [9.17, 15) is 0 Å². The van der Waals surface area contributed by atoms with Crippen molar-refractivity contribution in [3.05, 3.63) is 30.1 Å². The van der Waals surface area contributed by atoms with Crippen molar-refractivity contribution < 1.29 is 4.74 Å². The van der Waals surface area contributed by atoms with E-state index in [1.807, 2.05) is 19.3 Å². The Hall–Kier alpha value is -0.930. The maximum Gasteiger partial charge on any atom is 0.0838 e. The van der Waals surface area contributed by atoms with Crippen LogP contribution in [-0.4, -0.2) is 30.3 Å². The Morgan fingerprint density at radius 1 is 1.39 bits per heavy atom. The highest BCUT2D eigenvalue weighted by Gasteiger charge is 2.41. The number of aromatic nitrogens is 1. The summed E-state index contributed by atoms with van der Waals surface area (Å²) in [6, 6.07) is 6.47. The molecule has 0 amide bonds. The molecular weight excluding hydrogens is 224 g/mol. The molecule has 1 aromatic rings. The maximum atomic E-state index is 6.13. The van der Waals surface area contributed by atoms with E-state index < -0.39 is 0 Å². The molecule has 3 nitrogen and oxygen atoms in total. The number of hydrogen-bond acceptors (Lipinski definition) is 3. The van der Waals surface area contributed by atoms with Crippen LogP contribution >= 0.6 is 0 Å². The summed E-state index contributed by atoms with van der Waals surface area (Å²) in [4.78, 5) is 4.43. The second-order valence-corrected chi connectivity index (χ2v) is 5.07. The third-order valence-electron chi connectivity index (χ3n) is 4.00. The third-order valence-corrected chi connectivity index (χ3v) is 4.00. The van der Waals surface area contributed by atoms with Crippen LogP contribution < -0.4 is 5.32 Å². The second-order valence-electron chi connectivity index (χ2n) is 5.07. The van der Waals surface area contributed by atoms with Crippen LogP contribution in [0.15, 0.2) is 24.4 Å². The summed E-state index contributed by atoms with van der Waals surface area (Å²) >= 11 is 0. The number of ether oxygens (including phenoxy) is 1. The molecule has 18 heavy (non-hydrogen) atoms. The van der Waals surface area contributed by atoms with E-state index in [1.54, 1.807) is 0 Å². The van der Waals surface area contributed by atoms with E-state index in [0.29, 0.717) is 6.04 Å². The van der Waals surface area contributed by atoms with Gasteiger partial charge in [0.2, 0.25) is 0 Å². The molecule has 1 N–H and O–H groups in total. The van der Waals surface area contributed by atoms with Crippen molar-refractivity contribution >= 4 is 0 Å². The van der Waals surface area contributed by atoms with Gasteiger partial charge in [0.15, 0.2) is 0 Å². The molecule has 1 atom stereocenters. The highest BCUT2D eigenvalue weighted by Crippen LogP contribution is 2.37. The molecule has 1 fully saturated rings. The molecule has 1 aromatic heterocycles. The van der Waals surface area contributed by atoms with Crippen molar-refractivity contribution in [1.29, 1.82) is 0 Å². The standard InChI is InChI=1S/C15H24N2O/c1-3-18-15(9-5-6-10-15)14(16-2)12-13-8-4-7-11-17-13/h4,7-8,11,14,16H,3,5-6,9-10,12H2,1-2H3. The average Bonchev–Trinajstić information content (AvgIpc) is 2.87. The quantitative estimate of drug-likeness (QED) is 0.840. The molecule has 0 aromatic carbocycles. The topological polar surface area (TPSA) is 34.1 Å². The van der Waals surface area contributed by atoms with Crippen molar-refractivity contribution in [3.63, 3.8) is 0 Å². The van der Waals surface area contributed by atoms with Crippen molar-refractivity contribution in [2.45, 2.75) is 50.7 Å². The van der Waals surface area contributed by atoms with Crippen LogP contribution in [0.2, 0.25) is 0 Å². The zero-order valence-electron chi connectivity index (χ0n) is 11.5. The Morgan fingerprint density at radius 2 is 2.17 bits per heavy atom. The summed E-state index contributed by atoms with van der Waals surface area (Å²) in [5.74, 6) is 0. The SMILES string of the molecule is CCOC1(C(Cc2ccccn2)NC)CCCC1. The molecular formula is C15H24N2O. The van der Waals surface area contributed by atoms with E-state index in [4.69, 9.17) is 4.74 Å². The summed E-state index contributed by atoms with van der Waals surface area (Å²) in [5, 5.41) is 3.45. The van der Waals surface area contributed by atoms with Gasteiger partial charge in [0.05, 0.1) is 5.60 Å². The molecule has 0 aliphatic heterocycles. The molecule has 0 radical (unpaired) electrons. The van der Waals surface area contributed by atoms with Crippen LogP contribution in [0.5, 0.6) is 0 Å². The fraction of sp³-hybridized carbons (Fsp3) is 0.667. The van der Waals surface area contributed by atoms with Gasteiger partial charge in [-0.25, -0.2) is 0 Å². The summed E-state index contributed by atoms with van der Waals surface area (Å²) in [6.45, 7) is 2.88. The Morgan fingerprint density at radius 3 is 2.72 bits per heavy atom. The molecule has 1 heterocycles. The number of rotatable bonds is 6. The predicted molar refractivity (Wildman–Crippen MR) is 73.6 cm³/mol. The van der Waals surface area contributed by atoms with E-state index in [2.05, 4.69) is 29.4 Å². The molecule has 1 unspecified atom stereocenters. The smallest absolute Gasteiger partial charge is 0.0838 e. The summed E-state index contributed by atoms with van der Waals surface area (Å²) < 4.78 is 6.13. The summed E-state index contributed by atoms with van der Waals surface area (Å²) in [5.41, 5.74) is 1.16. The molecule has 1 aliphatic carbocycles. The fourth-order valence-corrected chi connectivity index (χ4v) is 3.13. The van der Waals surface area contributed by atoms with Crippen molar-refractivity contribution in [2.75, 3.05) is 13.7 Å². The van der Waals surface area contributed by atoms with Gasteiger partial charge in [-0.3, -0.25) is 4.98 Å². The Bertz CT molecular complexity index is 347. The van der Waals surface area contributed by atoms with Crippen molar-refractivity contribution in [3.8, 4) is 0 Å². The van der Waals surface area contributed by atoms with Gasteiger partial charge in [-0.2, -0.15) is 0 Å². The molecule has 3 heteroatoms. The number of nitrogens with one attached hydrogen (secondary N) is 1. The number of nitrogens with zero attached hydrogens (tertiary/aromatic N) is 1. The molecule has 100 valence electrons. The van der Waals surface area contributed by atoms with E-state index in [1.165, 1.54) is 25.7 Å².